The summed E-state index contributed by atoms with van der Waals surface area (Å²) in [6.45, 7) is 1.56. The van der Waals surface area contributed by atoms with Gasteiger partial charge in [-0.3, -0.25) is 4.79 Å². The number of hydrogen-bond acceptors (Lipinski definition) is 2. The van der Waals surface area contributed by atoms with Gasteiger partial charge < -0.3 is 22.1 Å². The second-order valence-corrected chi connectivity index (χ2v) is 5.23. The zero-order valence-corrected chi connectivity index (χ0v) is 12.5. The average molecular weight is 302 g/mol. The van der Waals surface area contributed by atoms with Gasteiger partial charge in [0.1, 0.15) is 0 Å². The SMILES string of the molecule is NC(N)=NC(N)=Nc1ccccc1C(=O)N1CCCCCC1. The summed E-state index contributed by atoms with van der Waals surface area (Å²) in [5.74, 6) is -0.271. The molecule has 7 heteroatoms. The monoisotopic (exact) mass is 302 g/mol. The predicted molar refractivity (Wildman–Crippen MR) is 87.9 cm³/mol. The predicted octanol–water partition coefficient (Wildman–Crippen LogP) is 0.922. The molecule has 1 heterocycles. The maximum atomic E-state index is 12.7. The van der Waals surface area contributed by atoms with Crippen molar-refractivity contribution in [3.63, 3.8) is 0 Å². The second-order valence-electron chi connectivity index (χ2n) is 5.23. The van der Waals surface area contributed by atoms with Gasteiger partial charge >= 0.3 is 0 Å². The molecule has 1 aromatic rings. The van der Waals surface area contributed by atoms with Crippen molar-refractivity contribution >= 4 is 23.5 Å². The van der Waals surface area contributed by atoms with E-state index < -0.39 is 0 Å². The molecule has 22 heavy (non-hydrogen) atoms. The average Bonchev–Trinajstić information content (AvgIpc) is 2.75. The van der Waals surface area contributed by atoms with E-state index in [1.54, 1.807) is 24.3 Å². The minimum Gasteiger partial charge on any atom is -0.370 e. The normalized spacial score (nSPS) is 16.0. The molecule has 2 rings (SSSR count). The van der Waals surface area contributed by atoms with E-state index in [4.69, 9.17) is 17.2 Å². The van der Waals surface area contributed by atoms with Crippen LogP contribution in [-0.4, -0.2) is 35.8 Å². The lowest BCUT2D eigenvalue weighted by atomic mass is 10.1. The number of amides is 1. The third kappa shape index (κ3) is 4.21. The number of para-hydroxylation sites is 1. The van der Waals surface area contributed by atoms with Gasteiger partial charge in [-0.05, 0) is 25.0 Å². The molecule has 118 valence electrons. The molecule has 6 N–H and O–H groups in total. The van der Waals surface area contributed by atoms with Gasteiger partial charge in [0, 0.05) is 13.1 Å². The number of nitrogens with two attached hydrogens (primary N) is 3. The van der Waals surface area contributed by atoms with Gasteiger partial charge in [0.2, 0.25) is 5.96 Å². The molecule has 0 unspecified atom stereocenters. The van der Waals surface area contributed by atoms with Gasteiger partial charge in [0.05, 0.1) is 11.3 Å². The van der Waals surface area contributed by atoms with Crippen LogP contribution in [0.1, 0.15) is 36.0 Å². The highest BCUT2D eigenvalue weighted by molar-refractivity contribution is 6.01. The first-order valence-electron chi connectivity index (χ1n) is 7.40. The van der Waals surface area contributed by atoms with Crippen molar-refractivity contribution in [2.24, 2.45) is 27.2 Å². The van der Waals surface area contributed by atoms with E-state index in [1.807, 2.05) is 4.90 Å². The molecule has 0 saturated carbocycles. The molecule has 1 fully saturated rings. The topological polar surface area (TPSA) is 123 Å². The Kier molecular flexibility index (Phi) is 5.35. The Morgan fingerprint density at radius 2 is 1.64 bits per heavy atom. The molecule has 0 atom stereocenters. The molecule has 1 aliphatic heterocycles. The molecule has 0 radical (unpaired) electrons. The van der Waals surface area contributed by atoms with Crippen molar-refractivity contribution < 1.29 is 4.79 Å². The van der Waals surface area contributed by atoms with Crippen LogP contribution >= 0.6 is 0 Å². The Morgan fingerprint density at radius 3 is 2.27 bits per heavy atom. The summed E-state index contributed by atoms with van der Waals surface area (Å²) >= 11 is 0. The number of benzene rings is 1. The number of hydrogen-bond donors (Lipinski definition) is 3. The first-order valence-corrected chi connectivity index (χ1v) is 7.40. The Bertz CT molecular complexity index is 583. The maximum Gasteiger partial charge on any atom is 0.256 e. The third-order valence-electron chi connectivity index (χ3n) is 3.51. The molecule has 0 aliphatic carbocycles. The third-order valence-corrected chi connectivity index (χ3v) is 3.51. The highest BCUT2D eigenvalue weighted by Gasteiger charge is 2.19. The summed E-state index contributed by atoms with van der Waals surface area (Å²) < 4.78 is 0. The van der Waals surface area contributed by atoms with Gasteiger partial charge in [-0.25, -0.2) is 4.99 Å². The van der Waals surface area contributed by atoms with Gasteiger partial charge in [-0.2, -0.15) is 4.99 Å². The van der Waals surface area contributed by atoms with Crippen molar-refractivity contribution in [3.8, 4) is 0 Å². The van der Waals surface area contributed by atoms with Crippen molar-refractivity contribution in [3.05, 3.63) is 29.8 Å². The van der Waals surface area contributed by atoms with Crippen LogP contribution in [0.25, 0.3) is 0 Å². The van der Waals surface area contributed by atoms with Crippen LogP contribution < -0.4 is 17.2 Å². The summed E-state index contributed by atoms with van der Waals surface area (Å²) in [4.78, 5) is 22.4. The number of likely N-dealkylation sites (tertiary alicyclic amines) is 1. The van der Waals surface area contributed by atoms with Gasteiger partial charge in [0.25, 0.3) is 5.91 Å². The first kappa shape index (κ1) is 15.8. The fraction of sp³-hybridized carbons (Fsp3) is 0.400. The van der Waals surface area contributed by atoms with Crippen molar-refractivity contribution in [2.75, 3.05) is 13.1 Å². The van der Waals surface area contributed by atoms with E-state index in [9.17, 15) is 4.79 Å². The summed E-state index contributed by atoms with van der Waals surface area (Å²) in [7, 11) is 0. The molecule has 7 nitrogen and oxygen atoms in total. The van der Waals surface area contributed by atoms with Gasteiger partial charge in [-0.1, -0.05) is 25.0 Å². The Labute approximate surface area is 129 Å². The molecule has 1 amide bonds. The number of nitrogens with zero attached hydrogens (tertiary/aromatic N) is 3. The number of guanidine groups is 2. The lowest BCUT2D eigenvalue weighted by molar-refractivity contribution is 0.0762. The number of carbonyl (C=O) groups excluding carboxylic acids is 1. The van der Waals surface area contributed by atoms with E-state index in [2.05, 4.69) is 9.98 Å². The van der Waals surface area contributed by atoms with Crippen LogP contribution in [0.2, 0.25) is 0 Å². The van der Waals surface area contributed by atoms with Gasteiger partial charge in [0.15, 0.2) is 5.96 Å². The first-order chi connectivity index (χ1) is 10.6. The van der Waals surface area contributed by atoms with E-state index >= 15 is 0 Å². The standard InChI is InChI=1S/C15H22N6O/c16-14(17)20-15(18)19-12-8-4-3-7-11(12)13(22)21-9-5-1-2-6-10-21/h3-4,7-8H,1-2,5-6,9-10H2,(H6,16,17,18,19,20). The maximum absolute atomic E-state index is 12.7. The fourth-order valence-corrected chi connectivity index (χ4v) is 2.48. The van der Waals surface area contributed by atoms with Crippen LogP contribution in [0.3, 0.4) is 0 Å². The molecule has 0 bridgehead atoms. The van der Waals surface area contributed by atoms with E-state index in [0.29, 0.717) is 11.3 Å². The Balaban J connectivity index is 2.27. The highest BCUT2D eigenvalue weighted by Crippen LogP contribution is 2.22. The summed E-state index contributed by atoms with van der Waals surface area (Å²) in [5.41, 5.74) is 17.2. The van der Waals surface area contributed by atoms with E-state index in [-0.39, 0.29) is 17.8 Å². The minimum atomic E-state index is -0.169. The summed E-state index contributed by atoms with van der Waals surface area (Å²) in [6, 6.07) is 7.07. The van der Waals surface area contributed by atoms with Crippen molar-refractivity contribution in [2.45, 2.75) is 25.7 Å². The van der Waals surface area contributed by atoms with Crippen LogP contribution in [0, 0.1) is 0 Å². The van der Waals surface area contributed by atoms with Crippen LogP contribution in [-0.2, 0) is 0 Å². The highest BCUT2D eigenvalue weighted by atomic mass is 16.2. The lowest BCUT2D eigenvalue weighted by Crippen LogP contribution is -2.32. The Hall–Kier alpha value is -2.57. The smallest absolute Gasteiger partial charge is 0.256 e. The van der Waals surface area contributed by atoms with Crippen LogP contribution in [0.5, 0.6) is 0 Å². The number of rotatable bonds is 2. The molecule has 0 spiro atoms. The molecule has 1 saturated heterocycles. The zero-order chi connectivity index (χ0) is 15.9. The molecular formula is C15H22N6O. The van der Waals surface area contributed by atoms with Crippen molar-refractivity contribution in [1.82, 2.24) is 4.90 Å². The van der Waals surface area contributed by atoms with Crippen LogP contribution in [0.15, 0.2) is 34.3 Å². The zero-order valence-electron chi connectivity index (χ0n) is 12.5. The second kappa shape index (κ2) is 7.44. The Morgan fingerprint density at radius 1 is 1.00 bits per heavy atom. The lowest BCUT2D eigenvalue weighted by Gasteiger charge is -2.21. The minimum absolute atomic E-state index is 0.0289. The van der Waals surface area contributed by atoms with Gasteiger partial charge in [-0.15, -0.1) is 0 Å². The number of carbonyl (C=O) groups is 1. The molecule has 1 aromatic carbocycles. The number of aliphatic imine (C=N–C) groups is 2. The summed E-state index contributed by atoms with van der Waals surface area (Å²) in [6.07, 6.45) is 4.41. The van der Waals surface area contributed by atoms with E-state index in [1.165, 1.54) is 12.8 Å². The van der Waals surface area contributed by atoms with Crippen molar-refractivity contribution in [1.29, 1.82) is 0 Å². The quantitative estimate of drug-likeness (QED) is 0.555. The molecule has 0 aromatic heterocycles. The van der Waals surface area contributed by atoms with Crippen LogP contribution in [0.4, 0.5) is 5.69 Å². The largest absolute Gasteiger partial charge is 0.370 e. The molecular weight excluding hydrogens is 280 g/mol. The summed E-state index contributed by atoms with van der Waals surface area (Å²) in [5, 5.41) is 0. The fourth-order valence-electron chi connectivity index (χ4n) is 2.48. The molecule has 1 aliphatic rings. The van der Waals surface area contributed by atoms with E-state index in [0.717, 1.165) is 25.9 Å².